The lowest BCUT2D eigenvalue weighted by atomic mass is 10.1. The van der Waals surface area contributed by atoms with Gasteiger partial charge in [0.15, 0.2) is 29.5 Å². The number of fused-ring (bicyclic) bond motifs is 1. The number of nitrogens with one attached hydrogen (secondary N) is 1. The summed E-state index contributed by atoms with van der Waals surface area (Å²) in [5, 5.41) is 37.0. The molecule has 0 bridgehead atoms. The Kier molecular flexibility index (Phi) is 4.19. The van der Waals surface area contributed by atoms with E-state index in [4.69, 9.17) is 25.8 Å². The zero-order valence-corrected chi connectivity index (χ0v) is 12.3. The largest absolute Gasteiger partial charge is 0.401 e. The van der Waals surface area contributed by atoms with E-state index in [1.807, 2.05) is 0 Å². The molecule has 0 radical (unpaired) electrons. The van der Waals surface area contributed by atoms with E-state index in [-0.39, 0.29) is 16.7 Å². The molecule has 0 saturated carbocycles. The van der Waals surface area contributed by atoms with Gasteiger partial charge in [-0.1, -0.05) is 0 Å². The van der Waals surface area contributed by atoms with Crippen molar-refractivity contribution in [2.24, 2.45) is 5.73 Å². The standard InChI is InChI=1S/C12H16N6O6/c13-6(20)2-23-18-4-16-11-7(10(18)14)15-3-17(11)12-9(22)8(21)5(1-19)24-12/h3-5,8-9,12,14,19,21-22H,1-2H2,(H2,13,20)/t5-,8-,9-,12-/m1/s1. The molecule has 1 aliphatic heterocycles. The van der Waals surface area contributed by atoms with Gasteiger partial charge in [0.05, 0.1) is 12.9 Å². The van der Waals surface area contributed by atoms with Crippen LogP contribution in [-0.4, -0.2) is 72.0 Å². The average molecular weight is 340 g/mol. The topological polar surface area (TPSA) is 182 Å². The van der Waals surface area contributed by atoms with Gasteiger partial charge in [-0.3, -0.25) is 14.8 Å². The van der Waals surface area contributed by atoms with E-state index in [0.717, 1.165) is 11.1 Å². The molecule has 3 rings (SSSR count). The molecule has 12 heteroatoms. The molecule has 2 aromatic heterocycles. The van der Waals surface area contributed by atoms with Crippen LogP contribution in [-0.2, 0) is 9.53 Å². The molecule has 1 aliphatic rings. The fourth-order valence-electron chi connectivity index (χ4n) is 2.45. The van der Waals surface area contributed by atoms with Gasteiger partial charge in [-0.15, -0.1) is 0 Å². The monoisotopic (exact) mass is 340 g/mol. The molecule has 0 aromatic carbocycles. The number of rotatable bonds is 5. The van der Waals surface area contributed by atoms with Crippen LogP contribution in [0.2, 0.25) is 0 Å². The second-order valence-electron chi connectivity index (χ2n) is 5.21. The Balaban J connectivity index is 1.96. The predicted molar refractivity (Wildman–Crippen MR) is 75.0 cm³/mol. The van der Waals surface area contributed by atoms with E-state index in [1.54, 1.807) is 0 Å². The molecular formula is C12H16N6O6. The van der Waals surface area contributed by atoms with Crippen LogP contribution >= 0.6 is 0 Å². The van der Waals surface area contributed by atoms with Crippen molar-refractivity contribution < 1.29 is 29.7 Å². The fraction of sp³-hybridized carbons (Fsp3) is 0.500. The number of primary amides is 1. The van der Waals surface area contributed by atoms with Gasteiger partial charge in [-0.2, -0.15) is 4.73 Å². The van der Waals surface area contributed by atoms with Crippen molar-refractivity contribution in [3.63, 3.8) is 0 Å². The number of hydrogen-bond acceptors (Lipinski definition) is 9. The summed E-state index contributed by atoms with van der Waals surface area (Å²) in [6, 6.07) is 0. The Morgan fingerprint density at radius 2 is 2.12 bits per heavy atom. The molecular weight excluding hydrogens is 324 g/mol. The number of aromatic nitrogens is 4. The SMILES string of the molecule is N=c1c2ncn([C@@H]3O[C@H](CO)[C@@H](O)[C@H]3O)c2ncn1OCC(N)=O. The van der Waals surface area contributed by atoms with E-state index >= 15 is 0 Å². The maximum atomic E-state index is 10.7. The smallest absolute Gasteiger partial charge is 0.258 e. The van der Waals surface area contributed by atoms with Crippen LogP contribution in [0.3, 0.4) is 0 Å². The molecule has 4 atom stereocenters. The molecule has 0 spiro atoms. The highest BCUT2D eigenvalue weighted by atomic mass is 16.7. The highest BCUT2D eigenvalue weighted by molar-refractivity contribution is 5.75. The summed E-state index contributed by atoms with van der Waals surface area (Å²) >= 11 is 0. The maximum Gasteiger partial charge on any atom is 0.258 e. The van der Waals surface area contributed by atoms with Gasteiger partial charge in [0.1, 0.15) is 24.6 Å². The number of carbonyl (C=O) groups excluding carboxylic acids is 1. The minimum Gasteiger partial charge on any atom is -0.401 e. The molecule has 0 aliphatic carbocycles. The van der Waals surface area contributed by atoms with Crippen molar-refractivity contribution >= 4 is 17.1 Å². The van der Waals surface area contributed by atoms with Crippen LogP contribution in [0.4, 0.5) is 0 Å². The molecule has 0 unspecified atom stereocenters. The summed E-state index contributed by atoms with van der Waals surface area (Å²) in [6.45, 7) is -0.890. The Labute approximate surface area is 134 Å². The number of imidazole rings is 1. The molecule has 3 heterocycles. The maximum absolute atomic E-state index is 10.7. The minimum absolute atomic E-state index is 0.125. The first kappa shape index (κ1) is 16.3. The number of aliphatic hydroxyl groups is 3. The second-order valence-corrected chi connectivity index (χ2v) is 5.21. The molecule has 6 N–H and O–H groups in total. The van der Waals surface area contributed by atoms with Crippen LogP contribution in [0.1, 0.15) is 6.23 Å². The molecule has 1 amide bonds. The van der Waals surface area contributed by atoms with E-state index in [9.17, 15) is 15.0 Å². The number of carbonyl (C=O) groups is 1. The van der Waals surface area contributed by atoms with Crippen molar-refractivity contribution in [1.29, 1.82) is 5.41 Å². The second kappa shape index (κ2) is 6.16. The predicted octanol–water partition coefficient (Wildman–Crippen LogP) is -3.76. The van der Waals surface area contributed by atoms with Crippen molar-refractivity contribution in [2.75, 3.05) is 13.2 Å². The van der Waals surface area contributed by atoms with Gasteiger partial charge in [0.25, 0.3) is 5.91 Å². The van der Waals surface area contributed by atoms with E-state index < -0.39 is 43.7 Å². The number of hydrogen-bond donors (Lipinski definition) is 5. The first-order chi connectivity index (χ1) is 11.4. The lowest BCUT2D eigenvalue weighted by Crippen LogP contribution is -2.34. The zero-order chi connectivity index (χ0) is 17.4. The van der Waals surface area contributed by atoms with E-state index in [1.165, 1.54) is 10.9 Å². The summed E-state index contributed by atoms with van der Waals surface area (Å²) in [5.74, 6) is -0.709. The number of ether oxygens (including phenoxy) is 1. The van der Waals surface area contributed by atoms with Crippen molar-refractivity contribution in [3.05, 3.63) is 18.1 Å². The van der Waals surface area contributed by atoms with Crippen LogP contribution < -0.4 is 16.1 Å². The highest BCUT2D eigenvalue weighted by Crippen LogP contribution is 2.30. The van der Waals surface area contributed by atoms with Crippen LogP contribution in [0.5, 0.6) is 0 Å². The molecule has 12 nitrogen and oxygen atoms in total. The number of amides is 1. The molecule has 2 aromatic rings. The Morgan fingerprint density at radius 3 is 2.75 bits per heavy atom. The third-order valence-corrected chi connectivity index (χ3v) is 3.63. The molecule has 1 fully saturated rings. The zero-order valence-electron chi connectivity index (χ0n) is 12.3. The summed E-state index contributed by atoms with van der Waals surface area (Å²) in [4.78, 5) is 23.8. The molecule has 24 heavy (non-hydrogen) atoms. The lowest BCUT2D eigenvalue weighted by molar-refractivity contribution is -0.122. The molecule has 130 valence electrons. The number of nitrogens with zero attached hydrogens (tertiary/aromatic N) is 4. The third kappa shape index (κ3) is 2.60. The summed E-state index contributed by atoms with van der Waals surface area (Å²) in [5.41, 5.74) is 5.12. The first-order valence-corrected chi connectivity index (χ1v) is 6.97. The van der Waals surface area contributed by atoms with E-state index in [2.05, 4.69) is 9.97 Å². The van der Waals surface area contributed by atoms with Crippen molar-refractivity contribution in [1.82, 2.24) is 19.3 Å². The highest BCUT2D eigenvalue weighted by Gasteiger charge is 2.43. The van der Waals surface area contributed by atoms with E-state index in [0.29, 0.717) is 0 Å². The summed E-state index contributed by atoms with van der Waals surface area (Å²) in [6.07, 6.45) is -2.09. The van der Waals surface area contributed by atoms with Gasteiger partial charge in [-0.25, -0.2) is 9.97 Å². The van der Waals surface area contributed by atoms with Gasteiger partial charge in [0.2, 0.25) is 0 Å². The fourth-order valence-corrected chi connectivity index (χ4v) is 2.45. The van der Waals surface area contributed by atoms with Gasteiger partial charge < -0.3 is 30.6 Å². The van der Waals surface area contributed by atoms with Gasteiger partial charge in [0, 0.05) is 0 Å². The normalized spacial score (nSPS) is 26.8. The quantitative estimate of drug-likeness (QED) is 0.367. The summed E-state index contributed by atoms with van der Waals surface area (Å²) < 4.78 is 7.68. The van der Waals surface area contributed by atoms with Crippen LogP contribution in [0, 0.1) is 5.41 Å². The number of nitrogens with two attached hydrogens (primary N) is 1. The van der Waals surface area contributed by atoms with Crippen molar-refractivity contribution in [3.8, 4) is 0 Å². The average Bonchev–Trinajstić information content (AvgIpc) is 3.09. The molecule has 1 saturated heterocycles. The number of aliphatic hydroxyl groups excluding tert-OH is 3. The Morgan fingerprint density at radius 1 is 1.38 bits per heavy atom. The van der Waals surface area contributed by atoms with Crippen molar-refractivity contribution in [2.45, 2.75) is 24.5 Å². The minimum atomic E-state index is -1.30. The first-order valence-electron chi connectivity index (χ1n) is 6.97. The summed E-state index contributed by atoms with van der Waals surface area (Å²) in [7, 11) is 0. The lowest BCUT2D eigenvalue weighted by Gasteiger charge is -2.16. The van der Waals surface area contributed by atoms with Gasteiger partial charge >= 0.3 is 0 Å². The van der Waals surface area contributed by atoms with Gasteiger partial charge in [-0.05, 0) is 0 Å². The van der Waals surface area contributed by atoms with Crippen LogP contribution in [0.25, 0.3) is 11.2 Å². The third-order valence-electron chi connectivity index (χ3n) is 3.63. The Bertz CT molecular complexity index is 818. The Hall–Kier alpha value is -2.54. The van der Waals surface area contributed by atoms with Crippen LogP contribution in [0.15, 0.2) is 12.7 Å².